The molecular formula is C11H16N4S. The van der Waals surface area contributed by atoms with E-state index in [0.29, 0.717) is 12.0 Å². The Kier molecular flexibility index (Phi) is 3.24. The van der Waals surface area contributed by atoms with Gasteiger partial charge in [-0.2, -0.15) is 4.98 Å². The predicted molar refractivity (Wildman–Crippen MR) is 70.3 cm³/mol. The van der Waals surface area contributed by atoms with Crippen LogP contribution in [0.5, 0.6) is 0 Å². The van der Waals surface area contributed by atoms with Gasteiger partial charge in [0.2, 0.25) is 5.95 Å². The Morgan fingerprint density at radius 2 is 2.19 bits per heavy atom. The van der Waals surface area contributed by atoms with Gasteiger partial charge in [-0.15, -0.1) is 11.3 Å². The first kappa shape index (κ1) is 11.1. The number of fused-ring (bicyclic) bond motifs is 1. The van der Waals surface area contributed by atoms with Crippen molar-refractivity contribution in [3.63, 3.8) is 0 Å². The molecule has 0 atom stereocenters. The summed E-state index contributed by atoms with van der Waals surface area (Å²) in [6.07, 6.45) is 0. The third-order valence-electron chi connectivity index (χ3n) is 2.09. The molecule has 5 heteroatoms. The Morgan fingerprint density at radius 1 is 1.38 bits per heavy atom. The number of nitrogens with one attached hydrogen (secondary N) is 2. The fourth-order valence-corrected chi connectivity index (χ4v) is 2.24. The zero-order chi connectivity index (χ0) is 11.5. The van der Waals surface area contributed by atoms with Gasteiger partial charge < -0.3 is 10.6 Å². The maximum atomic E-state index is 4.48. The van der Waals surface area contributed by atoms with Crippen LogP contribution in [0.2, 0.25) is 0 Å². The maximum absolute atomic E-state index is 4.48. The summed E-state index contributed by atoms with van der Waals surface area (Å²) in [6.45, 7) is 7.08. The number of hydrogen-bond donors (Lipinski definition) is 2. The van der Waals surface area contributed by atoms with E-state index in [2.05, 4.69) is 40.5 Å². The molecule has 0 spiro atoms. The predicted octanol–water partition coefficient (Wildman–Crippen LogP) is 2.94. The van der Waals surface area contributed by atoms with Crippen molar-refractivity contribution in [3.8, 4) is 0 Å². The average Bonchev–Trinajstić information content (AvgIpc) is 2.65. The number of anilines is 2. The molecule has 0 aliphatic heterocycles. The summed E-state index contributed by atoms with van der Waals surface area (Å²) < 4.78 is 0. The fourth-order valence-electron chi connectivity index (χ4n) is 1.48. The van der Waals surface area contributed by atoms with Crippen molar-refractivity contribution in [1.82, 2.24) is 9.97 Å². The molecule has 2 aromatic rings. The second kappa shape index (κ2) is 4.65. The van der Waals surface area contributed by atoms with E-state index in [1.54, 1.807) is 11.3 Å². The fraction of sp³-hybridized carbons (Fsp3) is 0.455. The molecule has 16 heavy (non-hydrogen) atoms. The van der Waals surface area contributed by atoms with E-state index in [0.717, 1.165) is 22.6 Å². The first-order chi connectivity index (χ1) is 7.70. The van der Waals surface area contributed by atoms with Crippen LogP contribution in [0.15, 0.2) is 11.4 Å². The smallest absolute Gasteiger partial charge is 0.226 e. The molecule has 0 aliphatic rings. The molecule has 0 aliphatic carbocycles. The molecule has 0 amide bonds. The first-order valence-corrected chi connectivity index (χ1v) is 6.34. The maximum Gasteiger partial charge on any atom is 0.226 e. The highest BCUT2D eigenvalue weighted by Crippen LogP contribution is 2.26. The number of hydrogen-bond acceptors (Lipinski definition) is 5. The van der Waals surface area contributed by atoms with E-state index in [-0.39, 0.29) is 0 Å². The van der Waals surface area contributed by atoms with Crippen molar-refractivity contribution in [2.75, 3.05) is 17.2 Å². The van der Waals surface area contributed by atoms with Crippen molar-refractivity contribution in [2.45, 2.75) is 26.8 Å². The van der Waals surface area contributed by atoms with E-state index in [4.69, 9.17) is 0 Å². The van der Waals surface area contributed by atoms with Gasteiger partial charge in [-0.1, -0.05) is 0 Å². The molecule has 2 N–H and O–H groups in total. The molecule has 2 rings (SSSR count). The van der Waals surface area contributed by atoms with Crippen molar-refractivity contribution in [2.24, 2.45) is 0 Å². The average molecular weight is 236 g/mol. The summed E-state index contributed by atoms with van der Waals surface area (Å²) in [5.41, 5.74) is 0. The van der Waals surface area contributed by atoms with Gasteiger partial charge in [-0.3, -0.25) is 0 Å². The minimum absolute atomic E-state index is 0.368. The van der Waals surface area contributed by atoms with Gasteiger partial charge in [-0.05, 0) is 32.2 Å². The summed E-state index contributed by atoms with van der Waals surface area (Å²) in [6, 6.07) is 2.42. The molecule has 0 fully saturated rings. The third kappa shape index (κ3) is 2.24. The third-order valence-corrected chi connectivity index (χ3v) is 2.89. The van der Waals surface area contributed by atoms with Crippen molar-refractivity contribution >= 4 is 33.3 Å². The molecule has 0 radical (unpaired) electrons. The van der Waals surface area contributed by atoms with Crippen LogP contribution in [0.3, 0.4) is 0 Å². The zero-order valence-electron chi connectivity index (χ0n) is 9.74. The number of aromatic nitrogens is 2. The van der Waals surface area contributed by atoms with Gasteiger partial charge in [-0.25, -0.2) is 4.98 Å². The topological polar surface area (TPSA) is 49.8 Å². The first-order valence-electron chi connectivity index (χ1n) is 5.46. The summed E-state index contributed by atoms with van der Waals surface area (Å²) >= 11 is 1.64. The molecular weight excluding hydrogens is 220 g/mol. The molecule has 2 aromatic heterocycles. The van der Waals surface area contributed by atoms with Crippen LogP contribution in [0.4, 0.5) is 11.8 Å². The van der Waals surface area contributed by atoms with Crippen LogP contribution in [-0.4, -0.2) is 22.6 Å². The highest BCUT2D eigenvalue weighted by molar-refractivity contribution is 7.16. The Bertz CT molecular complexity index is 478. The minimum Gasteiger partial charge on any atom is -0.367 e. The summed E-state index contributed by atoms with van der Waals surface area (Å²) in [4.78, 5) is 9.95. The lowest BCUT2D eigenvalue weighted by Gasteiger charge is -2.11. The molecule has 86 valence electrons. The molecule has 0 aromatic carbocycles. The second-order valence-corrected chi connectivity index (χ2v) is 4.76. The minimum atomic E-state index is 0.368. The summed E-state index contributed by atoms with van der Waals surface area (Å²) in [7, 11) is 0. The quantitative estimate of drug-likeness (QED) is 0.857. The Labute approximate surface area is 99.1 Å². The van der Waals surface area contributed by atoms with E-state index in [1.165, 1.54) is 0 Å². The van der Waals surface area contributed by atoms with Crippen LogP contribution in [-0.2, 0) is 0 Å². The highest BCUT2D eigenvalue weighted by Gasteiger charge is 2.08. The highest BCUT2D eigenvalue weighted by atomic mass is 32.1. The molecule has 2 heterocycles. The summed E-state index contributed by atoms with van der Waals surface area (Å²) in [5.74, 6) is 1.61. The zero-order valence-corrected chi connectivity index (χ0v) is 10.6. The van der Waals surface area contributed by atoms with Crippen molar-refractivity contribution in [1.29, 1.82) is 0 Å². The van der Waals surface area contributed by atoms with Crippen LogP contribution < -0.4 is 10.6 Å². The Balaban J connectivity index is 2.46. The normalized spacial score (nSPS) is 11.0. The monoisotopic (exact) mass is 236 g/mol. The Morgan fingerprint density at radius 3 is 2.88 bits per heavy atom. The molecule has 0 bridgehead atoms. The molecule has 0 saturated heterocycles. The van der Waals surface area contributed by atoms with Gasteiger partial charge in [0.25, 0.3) is 0 Å². The lowest BCUT2D eigenvalue weighted by Crippen LogP contribution is -2.13. The molecule has 4 nitrogen and oxygen atoms in total. The van der Waals surface area contributed by atoms with E-state index in [9.17, 15) is 0 Å². The summed E-state index contributed by atoms with van der Waals surface area (Å²) in [5, 5.41) is 9.64. The Hall–Kier alpha value is -1.36. The standard InChI is InChI=1S/C11H16N4S/c1-4-12-11-14-9(13-7(2)3)8-5-6-16-10(8)15-11/h5-7H,4H2,1-3H3,(H2,12,13,14,15). The van der Waals surface area contributed by atoms with Gasteiger partial charge in [0, 0.05) is 12.6 Å². The second-order valence-electron chi connectivity index (χ2n) is 3.86. The van der Waals surface area contributed by atoms with E-state index < -0.39 is 0 Å². The van der Waals surface area contributed by atoms with Crippen LogP contribution in [0.1, 0.15) is 20.8 Å². The van der Waals surface area contributed by atoms with Gasteiger partial charge in [0.15, 0.2) is 0 Å². The lowest BCUT2D eigenvalue weighted by atomic mass is 10.3. The van der Waals surface area contributed by atoms with Crippen molar-refractivity contribution < 1.29 is 0 Å². The lowest BCUT2D eigenvalue weighted by molar-refractivity contribution is 0.890. The van der Waals surface area contributed by atoms with Gasteiger partial charge >= 0.3 is 0 Å². The largest absolute Gasteiger partial charge is 0.367 e. The van der Waals surface area contributed by atoms with Crippen LogP contribution in [0, 0.1) is 0 Å². The van der Waals surface area contributed by atoms with Crippen LogP contribution >= 0.6 is 11.3 Å². The number of rotatable bonds is 4. The van der Waals surface area contributed by atoms with E-state index in [1.807, 2.05) is 12.3 Å². The van der Waals surface area contributed by atoms with Crippen LogP contribution in [0.25, 0.3) is 10.2 Å². The van der Waals surface area contributed by atoms with E-state index >= 15 is 0 Å². The number of thiophene rings is 1. The number of nitrogens with zero attached hydrogens (tertiary/aromatic N) is 2. The molecule has 0 unspecified atom stereocenters. The van der Waals surface area contributed by atoms with Crippen molar-refractivity contribution in [3.05, 3.63) is 11.4 Å². The molecule has 0 saturated carbocycles. The van der Waals surface area contributed by atoms with Gasteiger partial charge in [0.05, 0.1) is 5.39 Å². The van der Waals surface area contributed by atoms with Gasteiger partial charge in [0.1, 0.15) is 10.6 Å². The SMILES string of the molecule is CCNc1nc(NC(C)C)c2ccsc2n1.